The molecule has 2 radical (unpaired) electrons. The number of hydrogen-bond acceptors (Lipinski definition) is 3. The van der Waals surface area contributed by atoms with Gasteiger partial charge < -0.3 is 0 Å². The molecule has 1 atom stereocenters. The van der Waals surface area contributed by atoms with Crippen LogP contribution in [0, 0.1) is 11.3 Å². The molecule has 1 aromatic heterocycles. The van der Waals surface area contributed by atoms with Gasteiger partial charge in [0.15, 0.2) is 7.85 Å². The van der Waals surface area contributed by atoms with Crippen molar-refractivity contribution in [1.82, 2.24) is 4.98 Å². The fourth-order valence-corrected chi connectivity index (χ4v) is 1.91. The van der Waals surface area contributed by atoms with Crippen molar-refractivity contribution >= 4 is 24.1 Å². The van der Waals surface area contributed by atoms with Crippen LogP contribution in [-0.4, -0.2) is 12.8 Å². The van der Waals surface area contributed by atoms with Crippen LogP contribution in [0.4, 0.5) is 0 Å². The third kappa shape index (κ3) is 2.08. The van der Waals surface area contributed by atoms with E-state index in [4.69, 9.17) is 13.1 Å². The Hall–Kier alpha value is -0.815. The average molecular weight is 176 g/mol. The highest BCUT2D eigenvalue weighted by atomic mass is 32.1. The van der Waals surface area contributed by atoms with E-state index in [1.807, 2.05) is 0 Å². The summed E-state index contributed by atoms with van der Waals surface area (Å²) in [7, 11) is 5.49. The highest BCUT2D eigenvalue weighted by Crippen LogP contribution is 2.24. The zero-order chi connectivity index (χ0) is 8.97. The minimum atomic E-state index is 0.310. The first-order chi connectivity index (χ1) is 5.77. The number of hydrogen-bond donors (Lipinski definition) is 0. The molecule has 12 heavy (non-hydrogen) atoms. The van der Waals surface area contributed by atoms with E-state index in [-0.39, 0.29) is 0 Å². The molecule has 0 fully saturated rings. The Labute approximate surface area is 77.7 Å². The summed E-state index contributed by atoms with van der Waals surface area (Å²) in [6, 6.07) is 2.16. The SMILES string of the molecule is [B]c1ncc(C(CC)CC#N)s1. The van der Waals surface area contributed by atoms with Crippen LogP contribution >= 0.6 is 11.3 Å². The lowest BCUT2D eigenvalue weighted by Gasteiger charge is -2.05. The maximum absolute atomic E-state index is 8.54. The number of nitriles is 1. The molecule has 0 spiro atoms. The summed E-state index contributed by atoms with van der Waals surface area (Å²) in [4.78, 5) is 5.66. The molecule has 4 heteroatoms. The van der Waals surface area contributed by atoms with E-state index in [2.05, 4.69) is 18.0 Å². The summed E-state index contributed by atoms with van der Waals surface area (Å²) in [6.45, 7) is 2.07. The van der Waals surface area contributed by atoms with Gasteiger partial charge in [-0.05, 0) is 6.42 Å². The highest BCUT2D eigenvalue weighted by Gasteiger charge is 2.10. The Morgan fingerprint density at radius 2 is 2.58 bits per heavy atom. The molecule has 1 heterocycles. The second kappa shape index (κ2) is 4.27. The van der Waals surface area contributed by atoms with Gasteiger partial charge in [-0.15, -0.1) is 11.3 Å². The predicted octanol–water partition coefficient (Wildman–Crippen LogP) is 1.34. The van der Waals surface area contributed by atoms with E-state index in [1.54, 1.807) is 6.20 Å². The summed E-state index contributed by atoms with van der Waals surface area (Å²) in [5.74, 6) is 0.310. The minimum Gasteiger partial charge on any atom is -0.261 e. The van der Waals surface area contributed by atoms with Gasteiger partial charge >= 0.3 is 0 Å². The Morgan fingerprint density at radius 1 is 1.83 bits per heavy atom. The first kappa shape index (κ1) is 9.27. The molecular formula is C8H9BN2S. The van der Waals surface area contributed by atoms with Gasteiger partial charge in [-0.3, -0.25) is 4.98 Å². The molecule has 1 rings (SSSR count). The van der Waals surface area contributed by atoms with E-state index in [0.717, 1.165) is 11.3 Å². The molecule has 0 aromatic carbocycles. The third-order valence-corrected chi connectivity index (χ3v) is 2.76. The standard InChI is InChI=1S/C8H9BN2S/c1-2-6(3-4-10)7-5-11-8(9)12-7/h5-6H,2-3H2,1H3. The Morgan fingerprint density at radius 3 is 3.00 bits per heavy atom. The van der Waals surface area contributed by atoms with Gasteiger partial charge in [-0.25, -0.2) is 0 Å². The average Bonchev–Trinajstić information content (AvgIpc) is 2.47. The van der Waals surface area contributed by atoms with Crippen LogP contribution in [0.25, 0.3) is 0 Å². The fraction of sp³-hybridized carbons (Fsp3) is 0.500. The molecule has 0 bridgehead atoms. The summed E-state index contributed by atoms with van der Waals surface area (Å²) in [5, 5.41) is 8.54. The lowest BCUT2D eigenvalue weighted by Crippen LogP contribution is -1.96. The van der Waals surface area contributed by atoms with E-state index >= 15 is 0 Å². The van der Waals surface area contributed by atoms with Crippen molar-refractivity contribution < 1.29 is 0 Å². The number of rotatable bonds is 3. The molecule has 0 aliphatic heterocycles. The molecule has 60 valence electrons. The molecule has 1 aromatic rings. The van der Waals surface area contributed by atoms with Crippen LogP contribution in [0.2, 0.25) is 0 Å². The van der Waals surface area contributed by atoms with Crippen molar-refractivity contribution in [3.8, 4) is 6.07 Å². The van der Waals surface area contributed by atoms with Crippen molar-refractivity contribution in [1.29, 1.82) is 5.26 Å². The van der Waals surface area contributed by atoms with Crippen LogP contribution in [0.3, 0.4) is 0 Å². The molecule has 1 unspecified atom stereocenters. The smallest absolute Gasteiger partial charge is 0.157 e. The van der Waals surface area contributed by atoms with Gasteiger partial charge in [-0.2, -0.15) is 5.26 Å². The Bertz CT molecular complexity index is 289. The molecule has 0 saturated heterocycles. The van der Waals surface area contributed by atoms with Crippen LogP contribution in [0.5, 0.6) is 0 Å². The molecule has 0 saturated carbocycles. The van der Waals surface area contributed by atoms with Gasteiger partial charge in [0, 0.05) is 28.3 Å². The van der Waals surface area contributed by atoms with Gasteiger partial charge in [-0.1, -0.05) is 6.92 Å². The van der Waals surface area contributed by atoms with Crippen molar-refractivity contribution in [3.63, 3.8) is 0 Å². The quantitative estimate of drug-likeness (QED) is 0.651. The minimum absolute atomic E-state index is 0.310. The highest BCUT2D eigenvalue weighted by molar-refractivity contribution is 7.19. The first-order valence-corrected chi connectivity index (χ1v) is 4.67. The zero-order valence-corrected chi connectivity index (χ0v) is 7.77. The van der Waals surface area contributed by atoms with Gasteiger partial charge in [0.1, 0.15) is 0 Å². The molecule has 2 nitrogen and oxygen atoms in total. The number of thiazole rings is 1. The molecule has 0 aliphatic rings. The first-order valence-electron chi connectivity index (χ1n) is 3.86. The Kier molecular flexibility index (Phi) is 3.30. The van der Waals surface area contributed by atoms with Gasteiger partial charge in [0.25, 0.3) is 0 Å². The largest absolute Gasteiger partial charge is 0.261 e. The summed E-state index contributed by atoms with van der Waals surface area (Å²) in [6.07, 6.45) is 3.29. The maximum atomic E-state index is 8.54. The second-order valence-electron chi connectivity index (χ2n) is 2.57. The summed E-state index contributed by atoms with van der Waals surface area (Å²) >= 11 is 1.48. The number of nitrogens with zero attached hydrogens (tertiary/aromatic N) is 2. The molecule has 0 amide bonds. The number of aromatic nitrogens is 1. The zero-order valence-electron chi connectivity index (χ0n) is 6.95. The lowest BCUT2D eigenvalue weighted by atomic mass is 10.0. The van der Waals surface area contributed by atoms with Crippen molar-refractivity contribution in [2.75, 3.05) is 0 Å². The third-order valence-electron chi connectivity index (χ3n) is 1.77. The monoisotopic (exact) mass is 176 g/mol. The van der Waals surface area contributed by atoms with Crippen LogP contribution in [-0.2, 0) is 0 Å². The lowest BCUT2D eigenvalue weighted by molar-refractivity contribution is 0.691. The van der Waals surface area contributed by atoms with E-state index in [9.17, 15) is 0 Å². The Balaban J connectivity index is 2.74. The topological polar surface area (TPSA) is 36.7 Å². The summed E-state index contributed by atoms with van der Waals surface area (Å²) in [5.41, 5.74) is 0. The van der Waals surface area contributed by atoms with Crippen molar-refractivity contribution in [2.45, 2.75) is 25.7 Å². The van der Waals surface area contributed by atoms with Crippen molar-refractivity contribution in [3.05, 3.63) is 11.1 Å². The van der Waals surface area contributed by atoms with Gasteiger partial charge in [0.05, 0.1) is 6.07 Å². The van der Waals surface area contributed by atoms with Crippen LogP contribution in [0.15, 0.2) is 6.20 Å². The van der Waals surface area contributed by atoms with E-state index in [1.165, 1.54) is 11.3 Å². The van der Waals surface area contributed by atoms with E-state index in [0.29, 0.717) is 17.2 Å². The van der Waals surface area contributed by atoms with E-state index < -0.39 is 0 Å². The normalized spacial score (nSPS) is 12.3. The predicted molar refractivity (Wildman–Crippen MR) is 50.8 cm³/mol. The van der Waals surface area contributed by atoms with Crippen LogP contribution in [0.1, 0.15) is 30.6 Å². The van der Waals surface area contributed by atoms with Gasteiger partial charge in [0.2, 0.25) is 0 Å². The second-order valence-corrected chi connectivity index (χ2v) is 3.66. The molecule has 0 aliphatic carbocycles. The fourth-order valence-electron chi connectivity index (χ4n) is 1.05. The van der Waals surface area contributed by atoms with Crippen molar-refractivity contribution in [2.24, 2.45) is 0 Å². The molecule has 0 N–H and O–H groups in total. The molecular weight excluding hydrogens is 167 g/mol. The summed E-state index contributed by atoms with van der Waals surface area (Å²) < 4.78 is 0. The maximum Gasteiger partial charge on any atom is 0.157 e. The van der Waals surface area contributed by atoms with Crippen LogP contribution < -0.4 is 4.91 Å².